The lowest BCUT2D eigenvalue weighted by molar-refractivity contribution is -0.121. The Morgan fingerprint density at radius 3 is 2.61 bits per heavy atom. The minimum Gasteiger partial charge on any atom is -0.467 e. The highest BCUT2D eigenvalue weighted by Crippen LogP contribution is 2.31. The van der Waals surface area contributed by atoms with Crippen LogP contribution >= 0.6 is 11.6 Å². The van der Waals surface area contributed by atoms with Gasteiger partial charge in [-0.05, 0) is 42.3 Å². The highest BCUT2D eigenvalue weighted by Gasteiger charge is 2.18. The standard InChI is InChI=1S/C26H27ClN4O2/c1-18(2)17-31(14-13-24(32)28-16-19-8-7-15-33-19)26-21-10-4-6-12-23(21)29-25(30-26)20-9-3-5-11-22(20)27/h3-12,15,18H,13-14,16-17H2,1-2H3,(H,28,32). The van der Waals surface area contributed by atoms with Crippen LogP contribution in [0.15, 0.2) is 71.3 Å². The largest absolute Gasteiger partial charge is 0.467 e. The van der Waals surface area contributed by atoms with Gasteiger partial charge in [-0.25, -0.2) is 9.97 Å². The van der Waals surface area contributed by atoms with Crippen LogP contribution in [0.2, 0.25) is 5.02 Å². The Balaban J connectivity index is 1.63. The summed E-state index contributed by atoms with van der Waals surface area (Å²) in [5.74, 6) is 2.46. The number of fused-ring (bicyclic) bond motifs is 1. The van der Waals surface area contributed by atoms with Crippen LogP contribution in [-0.4, -0.2) is 29.0 Å². The Bertz CT molecular complexity index is 1220. The molecule has 0 spiro atoms. The van der Waals surface area contributed by atoms with Crippen molar-refractivity contribution in [1.82, 2.24) is 15.3 Å². The van der Waals surface area contributed by atoms with Crippen LogP contribution in [0.3, 0.4) is 0 Å². The Kier molecular flexibility index (Phi) is 7.25. The fraction of sp³-hybridized carbons (Fsp3) is 0.269. The predicted octanol–water partition coefficient (Wildman–Crippen LogP) is 5.71. The molecule has 4 rings (SSSR count). The summed E-state index contributed by atoms with van der Waals surface area (Å²) in [6.07, 6.45) is 1.94. The van der Waals surface area contributed by atoms with Gasteiger partial charge in [0.05, 0.1) is 23.3 Å². The van der Waals surface area contributed by atoms with E-state index in [1.807, 2.05) is 60.7 Å². The molecule has 4 aromatic rings. The molecule has 6 nitrogen and oxygen atoms in total. The second-order valence-corrected chi connectivity index (χ2v) is 8.72. The first-order chi connectivity index (χ1) is 16.0. The molecule has 0 bridgehead atoms. The minimum atomic E-state index is -0.0372. The van der Waals surface area contributed by atoms with Crippen LogP contribution in [0.1, 0.15) is 26.0 Å². The molecular formula is C26H27ClN4O2. The first-order valence-electron chi connectivity index (χ1n) is 11.1. The lowest BCUT2D eigenvalue weighted by Gasteiger charge is -2.27. The number of nitrogens with zero attached hydrogens (tertiary/aromatic N) is 3. The van der Waals surface area contributed by atoms with Crippen LogP contribution in [-0.2, 0) is 11.3 Å². The first kappa shape index (κ1) is 22.8. The van der Waals surface area contributed by atoms with Crippen LogP contribution in [0.25, 0.3) is 22.3 Å². The SMILES string of the molecule is CC(C)CN(CCC(=O)NCc1ccco1)c1nc(-c2ccccc2Cl)nc2ccccc12. The van der Waals surface area contributed by atoms with Gasteiger partial charge in [-0.15, -0.1) is 0 Å². The van der Waals surface area contributed by atoms with Gasteiger partial charge in [0.15, 0.2) is 5.82 Å². The highest BCUT2D eigenvalue weighted by atomic mass is 35.5. The fourth-order valence-electron chi connectivity index (χ4n) is 3.71. The zero-order chi connectivity index (χ0) is 23.2. The van der Waals surface area contributed by atoms with E-state index >= 15 is 0 Å². The summed E-state index contributed by atoms with van der Waals surface area (Å²) >= 11 is 6.45. The molecule has 33 heavy (non-hydrogen) atoms. The number of para-hydroxylation sites is 1. The third kappa shape index (κ3) is 5.71. The van der Waals surface area contributed by atoms with Crippen LogP contribution in [0.5, 0.6) is 0 Å². The zero-order valence-corrected chi connectivity index (χ0v) is 19.5. The Morgan fingerprint density at radius 2 is 1.85 bits per heavy atom. The number of hydrogen-bond acceptors (Lipinski definition) is 5. The average molecular weight is 463 g/mol. The predicted molar refractivity (Wildman–Crippen MR) is 132 cm³/mol. The Morgan fingerprint density at radius 1 is 1.06 bits per heavy atom. The van der Waals surface area contributed by atoms with Gasteiger partial charge in [-0.2, -0.15) is 0 Å². The second kappa shape index (κ2) is 10.5. The molecule has 1 N–H and O–H groups in total. The number of rotatable bonds is 9. The minimum absolute atomic E-state index is 0.0372. The van der Waals surface area contributed by atoms with E-state index in [4.69, 9.17) is 26.0 Å². The third-order valence-corrected chi connectivity index (χ3v) is 5.56. The molecule has 0 aliphatic rings. The summed E-state index contributed by atoms with van der Waals surface area (Å²) in [7, 11) is 0. The number of aromatic nitrogens is 2. The number of benzene rings is 2. The van der Waals surface area contributed by atoms with E-state index in [0.29, 0.717) is 36.3 Å². The molecule has 1 amide bonds. The molecule has 7 heteroatoms. The van der Waals surface area contributed by atoms with E-state index in [9.17, 15) is 4.79 Å². The molecule has 170 valence electrons. The Labute approximate surface area is 198 Å². The average Bonchev–Trinajstić information content (AvgIpc) is 3.33. The molecule has 0 aliphatic carbocycles. The van der Waals surface area contributed by atoms with Crippen molar-refractivity contribution in [3.63, 3.8) is 0 Å². The third-order valence-electron chi connectivity index (χ3n) is 5.23. The second-order valence-electron chi connectivity index (χ2n) is 8.31. The van der Waals surface area contributed by atoms with Crippen molar-refractivity contribution >= 4 is 34.2 Å². The lowest BCUT2D eigenvalue weighted by Crippen LogP contribution is -2.33. The number of nitrogens with one attached hydrogen (secondary N) is 1. The maximum Gasteiger partial charge on any atom is 0.222 e. The normalized spacial score (nSPS) is 11.2. The van der Waals surface area contributed by atoms with Crippen molar-refractivity contribution in [3.05, 3.63) is 77.7 Å². The van der Waals surface area contributed by atoms with Crippen molar-refractivity contribution in [2.24, 2.45) is 5.92 Å². The van der Waals surface area contributed by atoms with Gasteiger partial charge in [0.2, 0.25) is 5.91 Å². The van der Waals surface area contributed by atoms with Crippen molar-refractivity contribution < 1.29 is 9.21 Å². The van der Waals surface area contributed by atoms with Crippen molar-refractivity contribution in [2.45, 2.75) is 26.8 Å². The van der Waals surface area contributed by atoms with Gasteiger partial charge in [0, 0.05) is 30.5 Å². The molecule has 0 aliphatic heterocycles. The van der Waals surface area contributed by atoms with E-state index in [1.165, 1.54) is 0 Å². The molecular weight excluding hydrogens is 436 g/mol. The van der Waals surface area contributed by atoms with Gasteiger partial charge in [-0.1, -0.05) is 49.7 Å². The van der Waals surface area contributed by atoms with Gasteiger partial charge < -0.3 is 14.6 Å². The number of furan rings is 1. The summed E-state index contributed by atoms with van der Waals surface area (Å²) in [5.41, 5.74) is 1.63. The van der Waals surface area contributed by atoms with E-state index in [0.717, 1.165) is 34.6 Å². The molecule has 2 aromatic heterocycles. The number of anilines is 1. The highest BCUT2D eigenvalue weighted by molar-refractivity contribution is 6.33. The van der Waals surface area contributed by atoms with Crippen LogP contribution < -0.4 is 10.2 Å². The summed E-state index contributed by atoms with van der Waals surface area (Å²) in [6, 6.07) is 19.2. The summed E-state index contributed by atoms with van der Waals surface area (Å²) in [6.45, 7) is 5.98. The topological polar surface area (TPSA) is 71.3 Å². The summed E-state index contributed by atoms with van der Waals surface area (Å²) < 4.78 is 5.29. The van der Waals surface area contributed by atoms with E-state index in [1.54, 1.807) is 6.26 Å². The van der Waals surface area contributed by atoms with E-state index < -0.39 is 0 Å². The lowest BCUT2D eigenvalue weighted by atomic mass is 10.1. The first-order valence-corrected chi connectivity index (χ1v) is 11.4. The molecule has 0 radical (unpaired) electrons. The number of hydrogen-bond donors (Lipinski definition) is 1. The quantitative estimate of drug-likeness (QED) is 0.345. The van der Waals surface area contributed by atoms with Crippen LogP contribution in [0.4, 0.5) is 5.82 Å². The number of amides is 1. The maximum atomic E-state index is 12.5. The van der Waals surface area contributed by atoms with E-state index in [2.05, 4.69) is 24.1 Å². The van der Waals surface area contributed by atoms with Crippen molar-refractivity contribution in [1.29, 1.82) is 0 Å². The number of carbonyl (C=O) groups excluding carboxylic acids is 1. The van der Waals surface area contributed by atoms with Gasteiger partial charge >= 0.3 is 0 Å². The molecule has 0 unspecified atom stereocenters. The molecule has 0 atom stereocenters. The monoisotopic (exact) mass is 462 g/mol. The molecule has 0 saturated heterocycles. The van der Waals surface area contributed by atoms with Gasteiger partial charge in [0.1, 0.15) is 11.6 Å². The van der Waals surface area contributed by atoms with Crippen molar-refractivity contribution in [3.8, 4) is 11.4 Å². The molecule has 2 aromatic carbocycles. The summed E-state index contributed by atoms with van der Waals surface area (Å²) in [4.78, 5) is 24.4. The van der Waals surface area contributed by atoms with Gasteiger partial charge in [0.25, 0.3) is 0 Å². The maximum absolute atomic E-state index is 12.5. The number of halogens is 1. The molecule has 2 heterocycles. The fourth-order valence-corrected chi connectivity index (χ4v) is 3.93. The molecule has 0 saturated carbocycles. The smallest absolute Gasteiger partial charge is 0.222 e. The Hall–Kier alpha value is -3.38. The van der Waals surface area contributed by atoms with Crippen molar-refractivity contribution in [2.75, 3.05) is 18.0 Å². The van der Waals surface area contributed by atoms with E-state index in [-0.39, 0.29) is 5.91 Å². The zero-order valence-electron chi connectivity index (χ0n) is 18.8. The van der Waals surface area contributed by atoms with Gasteiger partial charge in [-0.3, -0.25) is 4.79 Å². The van der Waals surface area contributed by atoms with Crippen LogP contribution in [0, 0.1) is 5.92 Å². The molecule has 0 fully saturated rings. The number of carbonyl (C=O) groups is 1. The summed E-state index contributed by atoms with van der Waals surface area (Å²) in [5, 5.41) is 4.47.